The fourth-order valence-corrected chi connectivity index (χ4v) is 0.455. The summed E-state index contributed by atoms with van der Waals surface area (Å²) in [4.78, 5) is 10.8. The number of nitrogens with one attached hydrogen (secondary N) is 1. The molecule has 0 aliphatic carbocycles. The first-order chi connectivity index (χ1) is 4.95. The molecule has 0 radical (unpaired) electrons. The first-order valence-corrected chi connectivity index (χ1v) is 3.39. The van der Waals surface area contributed by atoms with Crippen LogP contribution in [0.25, 0.3) is 0 Å². The number of rotatable bonds is 2. The predicted molar refractivity (Wildman–Crippen MR) is 41.2 cm³/mol. The van der Waals surface area contributed by atoms with Crippen LogP contribution in [-0.2, 0) is 9.47 Å². The van der Waals surface area contributed by atoms with E-state index in [1.54, 1.807) is 0 Å². The topological polar surface area (TPSA) is 47.6 Å². The van der Waals surface area contributed by atoms with Crippen LogP contribution in [-0.4, -0.2) is 25.5 Å². The lowest BCUT2D eigenvalue weighted by Crippen LogP contribution is -2.41. The van der Waals surface area contributed by atoms with E-state index in [1.165, 1.54) is 7.11 Å². The number of methoxy groups -OCH3 is 1. The van der Waals surface area contributed by atoms with Gasteiger partial charge in [0.2, 0.25) is 0 Å². The molecule has 0 aromatic carbocycles. The van der Waals surface area contributed by atoms with Crippen molar-refractivity contribution in [3.05, 3.63) is 0 Å². The Morgan fingerprint density at radius 2 is 2.00 bits per heavy atom. The normalized spacial score (nSPS) is 10.9. The van der Waals surface area contributed by atoms with E-state index in [2.05, 4.69) is 14.8 Å². The van der Waals surface area contributed by atoms with E-state index in [-0.39, 0.29) is 12.3 Å². The van der Waals surface area contributed by atoms with E-state index < -0.39 is 6.09 Å². The smallest absolute Gasteiger partial charge is 0.409 e. The predicted octanol–water partition coefficient (Wildman–Crippen LogP) is 1.11. The molecule has 0 aromatic rings. The molecule has 66 valence electrons. The highest BCUT2D eigenvalue weighted by Gasteiger charge is 2.13. The van der Waals surface area contributed by atoms with Gasteiger partial charge < -0.3 is 14.8 Å². The quantitative estimate of drug-likeness (QED) is 0.617. The van der Waals surface area contributed by atoms with Gasteiger partial charge in [0.1, 0.15) is 0 Å². The molecule has 0 bridgehead atoms. The number of amides is 1. The van der Waals surface area contributed by atoms with E-state index in [0.717, 1.165) is 0 Å². The summed E-state index contributed by atoms with van der Waals surface area (Å²) >= 11 is 0. The largest absolute Gasteiger partial charge is 0.422 e. The summed E-state index contributed by atoms with van der Waals surface area (Å²) in [5, 5.41) is 2.61. The molecule has 0 atom stereocenters. The van der Waals surface area contributed by atoms with E-state index in [9.17, 15) is 4.79 Å². The summed E-state index contributed by atoms with van der Waals surface area (Å²) < 4.78 is 9.14. The number of carbonyl (C=O) groups is 1. The SMILES string of the molecule is COCOC(=O)NC(C)(C)C. The highest BCUT2D eigenvalue weighted by atomic mass is 16.7. The summed E-state index contributed by atoms with van der Waals surface area (Å²) in [7, 11) is 1.46. The molecule has 0 aromatic heterocycles. The second kappa shape index (κ2) is 4.18. The van der Waals surface area contributed by atoms with Gasteiger partial charge in [-0.2, -0.15) is 0 Å². The fraction of sp³-hybridized carbons (Fsp3) is 0.857. The Bertz CT molecular complexity index is 128. The molecular formula is C7H15NO3. The van der Waals surface area contributed by atoms with Crippen molar-refractivity contribution < 1.29 is 14.3 Å². The molecule has 0 aliphatic heterocycles. The molecule has 0 spiro atoms. The van der Waals surface area contributed by atoms with Gasteiger partial charge in [-0.3, -0.25) is 0 Å². The monoisotopic (exact) mass is 161 g/mol. The molecule has 0 aliphatic rings. The van der Waals surface area contributed by atoms with Gasteiger partial charge in [-0.15, -0.1) is 0 Å². The lowest BCUT2D eigenvalue weighted by Gasteiger charge is -2.19. The zero-order valence-electron chi connectivity index (χ0n) is 7.43. The van der Waals surface area contributed by atoms with Gasteiger partial charge >= 0.3 is 6.09 Å². The minimum absolute atomic E-state index is 0.0120. The summed E-state index contributed by atoms with van der Waals surface area (Å²) in [5.74, 6) is 0. The van der Waals surface area contributed by atoms with Gasteiger partial charge in [0.25, 0.3) is 0 Å². The zero-order chi connectivity index (χ0) is 8.91. The maximum Gasteiger partial charge on any atom is 0.409 e. The van der Waals surface area contributed by atoms with Crippen LogP contribution in [0.2, 0.25) is 0 Å². The van der Waals surface area contributed by atoms with Crippen LogP contribution in [0.5, 0.6) is 0 Å². The van der Waals surface area contributed by atoms with Crippen molar-refractivity contribution in [2.45, 2.75) is 26.3 Å². The lowest BCUT2D eigenvalue weighted by molar-refractivity contribution is 0.00947. The van der Waals surface area contributed by atoms with E-state index >= 15 is 0 Å². The van der Waals surface area contributed by atoms with Crippen molar-refractivity contribution in [2.75, 3.05) is 13.9 Å². The fourth-order valence-electron chi connectivity index (χ4n) is 0.455. The van der Waals surface area contributed by atoms with Crippen molar-refractivity contribution in [3.8, 4) is 0 Å². The van der Waals surface area contributed by atoms with Gasteiger partial charge in [0.15, 0.2) is 6.79 Å². The number of carbonyl (C=O) groups excluding carboxylic acids is 1. The van der Waals surface area contributed by atoms with Gasteiger partial charge in [-0.25, -0.2) is 4.79 Å². The molecule has 0 unspecified atom stereocenters. The zero-order valence-corrected chi connectivity index (χ0v) is 7.43. The van der Waals surface area contributed by atoms with E-state index in [4.69, 9.17) is 0 Å². The maximum atomic E-state index is 10.8. The van der Waals surface area contributed by atoms with Crippen molar-refractivity contribution in [3.63, 3.8) is 0 Å². The molecule has 0 saturated carbocycles. The summed E-state index contributed by atoms with van der Waals surface area (Å²) in [6.07, 6.45) is -0.459. The van der Waals surface area contributed by atoms with Crippen molar-refractivity contribution in [2.24, 2.45) is 0 Å². The van der Waals surface area contributed by atoms with E-state index in [1.807, 2.05) is 20.8 Å². The van der Waals surface area contributed by atoms with Gasteiger partial charge in [-0.1, -0.05) is 0 Å². The standard InChI is InChI=1S/C7H15NO3/c1-7(2,3)8-6(9)11-5-10-4/h5H2,1-4H3,(H,8,9). The molecule has 0 saturated heterocycles. The minimum atomic E-state index is -0.459. The van der Waals surface area contributed by atoms with Crippen LogP contribution in [0.1, 0.15) is 20.8 Å². The average Bonchev–Trinajstić information content (AvgIpc) is 1.79. The van der Waals surface area contributed by atoms with Gasteiger partial charge in [-0.05, 0) is 20.8 Å². The molecule has 0 heterocycles. The number of hydrogen-bond donors (Lipinski definition) is 1. The van der Waals surface area contributed by atoms with Crippen LogP contribution in [0.3, 0.4) is 0 Å². The highest BCUT2D eigenvalue weighted by molar-refractivity contribution is 5.67. The van der Waals surface area contributed by atoms with Crippen LogP contribution < -0.4 is 5.32 Å². The third-order valence-electron chi connectivity index (χ3n) is 0.785. The van der Waals surface area contributed by atoms with Crippen LogP contribution >= 0.6 is 0 Å². The van der Waals surface area contributed by atoms with Crippen LogP contribution in [0, 0.1) is 0 Å². The summed E-state index contributed by atoms with van der Waals surface area (Å²) in [6, 6.07) is 0. The Kier molecular flexibility index (Phi) is 3.89. The maximum absolute atomic E-state index is 10.8. The summed E-state index contributed by atoms with van der Waals surface area (Å²) in [5.41, 5.74) is -0.259. The summed E-state index contributed by atoms with van der Waals surface area (Å²) in [6.45, 7) is 5.62. The average molecular weight is 161 g/mol. The minimum Gasteiger partial charge on any atom is -0.422 e. The van der Waals surface area contributed by atoms with E-state index in [0.29, 0.717) is 0 Å². The molecule has 1 N–H and O–H groups in total. The van der Waals surface area contributed by atoms with Crippen molar-refractivity contribution in [1.82, 2.24) is 5.32 Å². The molecule has 4 heteroatoms. The molecule has 0 fully saturated rings. The van der Waals surface area contributed by atoms with Gasteiger partial charge in [0, 0.05) is 12.6 Å². The Morgan fingerprint density at radius 3 is 2.36 bits per heavy atom. The van der Waals surface area contributed by atoms with Crippen LogP contribution in [0.15, 0.2) is 0 Å². The molecule has 1 amide bonds. The Morgan fingerprint density at radius 1 is 1.45 bits per heavy atom. The lowest BCUT2D eigenvalue weighted by atomic mass is 10.1. The third kappa shape index (κ3) is 7.12. The second-order valence-electron chi connectivity index (χ2n) is 3.21. The van der Waals surface area contributed by atoms with Crippen molar-refractivity contribution in [1.29, 1.82) is 0 Å². The first-order valence-electron chi connectivity index (χ1n) is 3.39. The number of ether oxygens (including phenoxy) is 2. The van der Waals surface area contributed by atoms with Gasteiger partial charge in [0.05, 0.1) is 0 Å². The van der Waals surface area contributed by atoms with Crippen LogP contribution in [0.4, 0.5) is 4.79 Å². The Labute approximate surface area is 66.9 Å². The third-order valence-corrected chi connectivity index (χ3v) is 0.785. The number of hydrogen-bond acceptors (Lipinski definition) is 3. The Balaban J connectivity index is 3.53. The number of alkyl carbamates (subject to hydrolysis) is 1. The first kappa shape index (κ1) is 10.2. The molecule has 4 nitrogen and oxygen atoms in total. The molecular weight excluding hydrogens is 146 g/mol. The second-order valence-corrected chi connectivity index (χ2v) is 3.21. The Hall–Kier alpha value is -0.770. The van der Waals surface area contributed by atoms with Crippen molar-refractivity contribution >= 4 is 6.09 Å². The molecule has 11 heavy (non-hydrogen) atoms. The highest BCUT2D eigenvalue weighted by Crippen LogP contribution is 1.98. The molecule has 0 rings (SSSR count).